The van der Waals surface area contributed by atoms with E-state index in [0.29, 0.717) is 17.9 Å². The summed E-state index contributed by atoms with van der Waals surface area (Å²) in [6.07, 6.45) is 7.33. The number of nitrogens with zero attached hydrogens (tertiary/aromatic N) is 5. The molecule has 0 spiro atoms. The molecule has 180 valence electrons. The molecule has 35 heavy (non-hydrogen) atoms. The number of likely N-dealkylation sites (tertiary alicyclic amines) is 1. The third-order valence-electron chi connectivity index (χ3n) is 6.24. The van der Waals surface area contributed by atoms with Crippen molar-refractivity contribution in [3.8, 4) is 0 Å². The Hall–Kier alpha value is -4.05. The molecular formula is C25H26N6O4. The topological polar surface area (TPSA) is 110 Å². The summed E-state index contributed by atoms with van der Waals surface area (Å²) in [5.74, 6) is -0.652. The lowest BCUT2D eigenvalue weighted by atomic mass is 9.98. The summed E-state index contributed by atoms with van der Waals surface area (Å²) in [5.41, 5.74) is 2.74. The van der Waals surface area contributed by atoms with Crippen molar-refractivity contribution in [3.05, 3.63) is 82.3 Å². The van der Waals surface area contributed by atoms with Crippen LogP contribution >= 0.6 is 0 Å². The number of imidazole rings is 1. The molecule has 4 aromatic rings. The molecule has 1 unspecified atom stereocenters. The molecule has 1 N–H and O–H groups in total. The van der Waals surface area contributed by atoms with Crippen LogP contribution in [0.4, 0.5) is 0 Å². The van der Waals surface area contributed by atoms with Crippen molar-refractivity contribution in [1.29, 1.82) is 0 Å². The maximum Gasteiger partial charge on any atom is 0.309 e. The number of carbonyl (C=O) groups is 2. The number of piperidine rings is 1. The SMILES string of the molecule is COC(=O)C1CCCN(Cc2ccc3nc(CNC(=O)c4cc(=O)n5ccccc5n4)cn3c2)C1. The summed E-state index contributed by atoms with van der Waals surface area (Å²) < 4.78 is 8.23. The van der Waals surface area contributed by atoms with Crippen LogP contribution in [0.25, 0.3) is 11.3 Å². The Morgan fingerprint density at radius 1 is 1.14 bits per heavy atom. The van der Waals surface area contributed by atoms with Gasteiger partial charge in [-0.05, 0) is 43.1 Å². The second-order valence-corrected chi connectivity index (χ2v) is 8.72. The second-order valence-electron chi connectivity index (χ2n) is 8.72. The van der Waals surface area contributed by atoms with Crippen LogP contribution in [0, 0.1) is 5.92 Å². The number of pyridine rings is 2. The van der Waals surface area contributed by atoms with E-state index in [1.807, 2.05) is 28.9 Å². The van der Waals surface area contributed by atoms with E-state index < -0.39 is 5.91 Å². The van der Waals surface area contributed by atoms with Crippen molar-refractivity contribution < 1.29 is 14.3 Å². The zero-order valence-corrected chi connectivity index (χ0v) is 19.4. The summed E-state index contributed by atoms with van der Waals surface area (Å²) in [5, 5.41) is 2.79. The van der Waals surface area contributed by atoms with Gasteiger partial charge in [-0.15, -0.1) is 0 Å². The number of carbonyl (C=O) groups excluding carboxylic acids is 2. The smallest absolute Gasteiger partial charge is 0.309 e. The average Bonchev–Trinajstić information content (AvgIpc) is 3.29. The molecule has 0 radical (unpaired) electrons. The van der Waals surface area contributed by atoms with Crippen molar-refractivity contribution in [3.63, 3.8) is 0 Å². The number of esters is 1. The average molecular weight is 475 g/mol. The number of hydrogen-bond donors (Lipinski definition) is 1. The molecule has 1 aliphatic heterocycles. The van der Waals surface area contributed by atoms with Crippen molar-refractivity contribution >= 4 is 23.2 Å². The molecule has 0 aromatic carbocycles. The van der Waals surface area contributed by atoms with Gasteiger partial charge in [0.25, 0.3) is 11.5 Å². The normalized spacial score (nSPS) is 16.4. The van der Waals surface area contributed by atoms with E-state index in [-0.39, 0.29) is 29.7 Å². The number of fused-ring (bicyclic) bond motifs is 2. The molecule has 0 saturated carbocycles. The van der Waals surface area contributed by atoms with Crippen LogP contribution in [0.15, 0.2) is 59.8 Å². The lowest BCUT2D eigenvalue weighted by Crippen LogP contribution is -2.38. The number of rotatable bonds is 6. The van der Waals surface area contributed by atoms with Gasteiger partial charge in [-0.1, -0.05) is 12.1 Å². The number of aromatic nitrogens is 4. The van der Waals surface area contributed by atoms with E-state index in [4.69, 9.17) is 4.74 Å². The fraction of sp³-hybridized carbons (Fsp3) is 0.320. The zero-order valence-electron chi connectivity index (χ0n) is 19.4. The van der Waals surface area contributed by atoms with Crippen molar-refractivity contribution in [2.45, 2.75) is 25.9 Å². The van der Waals surface area contributed by atoms with E-state index in [9.17, 15) is 14.4 Å². The quantitative estimate of drug-likeness (QED) is 0.423. The molecule has 10 nitrogen and oxygen atoms in total. The Balaban J connectivity index is 1.24. The Morgan fingerprint density at radius 2 is 2.03 bits per heavy atom. The molecule has 1 amide bonds. The third kappa shape index (κ3) is 4.92. The van der Waals surface area contributed by atoms with Crippen molar-refractivity contribution in [2.24, 2.45) is 5.92 Å². The molecule has 1 fully saturated rings. The van der Waals surface area contributed by atoms with E-state index >= 15 is 0 Å². The fourth-order valence-electron chi connectivity index (χ4n) is 4.52. The standard InChI is InChI=1S/C25H26N6O4/c1-35-25(34)18-5-4-9-29(15-18)13-17-7-8-21-27-19(16-30(21)14-17)12-26-24(33)20-11-23(32)31-10-3-2-6-22(31)28-20/h2-3,6-8,10-11,14,16,18H,4-5,9,12-13,15H2,1H3,(H,26,33). The van der Waals surface area contributed by atoms with Gasteiger partial charge in [-0.3, -0.25) is 23.7 Å². The Bertz CT molecular complexity index is 1460. The molecule has 4 aromatic heterocycles. The van der Waals surface area contributed by atoms with Crippen LogP contribution < -0.4 is 10.9 Å². The van der Waals surface area contributed by atoms with E-state index in [1.165, 1.54) is 17.6 Å². The first-order chi connectivity index (χ1) is 17.0. The van der Waals surface area contributed by atoms with Crippen LogP contribution in [0.2, 0.25) is 0 Å². The van der Waals surface area contributed by atoms with Gasteiger partial charge in [0.15, 0.2) is 0 Å². The maximum atomic E-state index is 12.6. The molecule has 5 rings (SSSR count). The molecular weight excluding hydrogens is 448 g/mol. The van der Waals surface area contributed by atoms with Gasteiger partial charge >= 0.3 is 5.97 Å². The number of ether oxygens (including phenoxy) is 1. The highest BCUT2D eigenvalue weighted by molar-refractivity contribution is 5.92. The van der Waals surface area contributed by atoms with Gasteiger partial charge in [-0.25, -0.2) is 9.97 Å². The van der Waals surface area contributed by atoms with E-state index in [2.05, 4.69) is 20.2 Å². The van der Waals surface area contributed by atoms with Crippen LogP contribution in [0.1, 0.15) is 34.6 Å². The highest BCUT2D eigenvalue weighted by atomic mass is 16.5. The van der Waals surface area contributed by atoms with Gasteiger partial charge in [0.2, 0.25) is 0 Å². The predicted octanol–water partition coefficient (Wildman–Crippen LogP) is 1.66. The van der Waals surface area contributed by atoms with Gasteiger partial charge in [0, 0.05) is 37.7 Å². The number of methoxy groups -OCH3 is 1. The van der Waals surface area contributed by atoms with E-state index in [0.717, 1.165) is 37.1 Å². The highest BCUT2D eigenvalue weighted by Gasteiger charge is 2.26. The van der Waals surface area contributed by atoms with Crippen LogP contribution in [-0.2, 0) is 22.6 Å². The van der Waals surface area contributed by atoms with Crippen LogP contribution in [-0.4, -0.2) is 55.7 Å². The Morgan fingerprint density at radius 3 is 2.89 bits per heavy atom. The molecule has 5 heterocycles. The summed E-state index contributed by atoms with van der Waals surface area (Å²) in [4.78, 5) is 47.9. The fourth-order valence-corrected chi connectivity index (χ4v) is 4.52. The lowest BCUT2D eigenvalue weighted by Gasteiger charge is -2.31. The Kier molecular flexibility index (Phi) is 6.28. The third-order valence-corrected chi connectivity index (χ3v) is 6.24. The largest absolute Gasteiger partial charge is 0.469 e. The minimum atomic E-state index is -0.434. The molecule has 1 aliphatic rings. The van der Waals surface area contributed by atoms with Crippen LogP contribution in [0.3, 0.4) is 0 Å². The minimum Gasteiger partial charge on any atom is -0.469 e. The monoisotopic (exact) mass is 474 g/mol. The first kappa shape index (κ1) is 22.7. The Labute approximate surface area is 201 Å². The lowest BCUT2D eigenvalue weighted by molar-refractivity contribution is -0.147. The molecule has 0 bridgehead atoms. The number of hydrogen-bond acceptors (Lipinski definition) is 7. The first-order valence-corrected chi connectivity index (χ1v) is 11.5. The van der Waals surface area contributed by atoms with Gasteiger partial charge in [0.1, 0.15) is 17.0 Å². The molecule has 10 heteroatoms. The van der Waals surface area contributed by atoms with Gasteiger partial charge in [0.05, 0.1) is 25.3 Å². The molecule has 1 saturated heterocycles. The van der Waals surface area contributed by atoms with Crippen molar-refractivity contribution in [2.75, 3.05) is 20.2 Å². The summed E-state index contributed by atoms with van der Waals surface area (Å²) in [6, 6.07) is 10.4. The van der Waals surface area contributed by atoms with Gasteiger partial charge in [-0.2, -0.15) is 0 Å². The molecule has 1 atom stereocenters. The number of amides is 1. The van der Waals surface area contributed by atoms with E-state index in [1.54, 1.807) is 24.4 Å². The second kappa shape index (κ2) is 9.67. The van der Waals surface area contributed by atoms with Crippen LogP contribution in [0.5, 0.6) is 0 Å². The summed E-state index contributed by atoms with van der Waals surface area (Å²) in [6.45, 7) is 2.58. The first-order valence-electron chi connectivity index (χ1n) is 11.5. The minimum absolute atomic E-state index is 0.0686. The maximum absolute atomic E-state index is 12.6. The molecule has 0 aliphatic carbocycles. The highest BCUT2D eigenvalue weighted by Crippen LogP contribution is 2.20. The van der Waals surface area contributed by atoms with Gasteiger partial charge < -0.3 is 14.5 Å². The summed E-state index contributed by atoms with van der Waals surface area (Å²) >= 11 is 0. The van der Waals surface area contributed by atoms with Crippen molar-refractivity contribution in [1.82, 2.24) is 29.0 Å². The predicted molar refractivity (Wildman–Crippen MR) is 128 cm³/mol. The summed E-state index contributed by atoms with van der Waals surface area (Å²) in [7, 11) is 1.44. The zero-order chi connectivity index (χ0) is 24.4. The number of nitrogens with one attached hydrogen (secondary N) is 1.